The summed E-state index contributed by atoms with van der Waals surface area (Å²) in [6, 6.07) is 10.7. The summed E-state index contributed by atoms with van der Waals surface area (Å²) in [5.41, 5.74) is 2.26. The summed E-state index contributed by atoms with van der Waals surface area (Å²) in [7, 11) is 0. The highest BCUT2D eigenvalue weighted by molar-refractivity contribution is 5.79. The molecule has 1 N–H and O–H groups in total. The number of nitrogens with one attached hydrogen (secondary N) is 1. The minimum Gasteiger partial charge on any atom is -0.377 e. The molecule has 0 aliphatic heterocycles. The molecule has 0 saturated carbocycles. The van der Waals surface area contributed by atoms with Crippen molar-refractivity contribution < 1.29 is 4.74 Å². The lowest BCUT2D eigenvalue weighted by molar-refractivity contribution is 0.0477. The van der Waals surface area contributed by atoms with Crippen molar-refractivity contribution in [1.82, 2.24) is 10.3 Å². The predicted octanol–water partition coefficient (Wildman–Crippen LogP) is 3.31. The lowest BCUT2D eigenvalue weighted by atomic mass is 10.0. The lowest BCUT2D eigenvalue weighted by Crippen LogP contribution is -2.32. The maximum Gasteiger partial charge on any atom is 0.0741 e. The molecule has 0 amide bonds. The molecule has 2 unspecified atom stereocenters. The van der Waals surface area contributed by atoms with Gasteiger partial charge in [-0.25, -0.2) is 0 Å². The number of fused-ring (bicyclic) bond motifs is 1. The summed E-state index contributed by atoms with van der Waals surface area (Å²) in [4.78, 5) is 4.42. The minimum absolute atomic E-state index is 0.145. The van der Waals surface area contributed by atoms with Gasteiger partial charge in [0.05, 0.1) is 17.7 Å². The van der Waals surface area contributed by atoms with E-state index in [1.165, 1.54) is 10.9 Å². The van der Waals surface area contributed by atoms with Crippen LogP contribution in [0.3, 0.4) is 0 Å². The Morgan fingerprint density at radius 2 is 2.11 bits per heavy atom. The molecule has 1 aromatic carbocycles. The van der Waals surface area contributed by atoms with E-state index in [0.717, 1.165) is 18.7 Å². The van der Waals surface area contributed by atoms with Crippen molar-refractivity contribution in [1.29, 1.82) is 0 Å². The highest BCUT2D eigenvalue weighted by Crippen LogP contribution is 2.22. The van der Waals surface area contributed by atoms with Crippen LogP contribution in [0, 0.1) is 0 Å². The van der Waals surface area contributed by atoms with E-state index in [1.54, 1.807) is 0 Å². The van der Waals surface area contributed by atoms with E-state index in [0.29, 0.717) is 0 Å². The third-order valence-electron chi connectivity index (χ3n) is 3.31. The number of benzene rings is 1. The summed E-state index contributed by atoms with van der Waals surface area (Å²) < 4.78 is 5.74. The fraction of sp³-hybridized carbons (Fsp3) is 0.438. The minimum atomic E-state index is 0.145. The van der Waals surface area contributed by atoms with E-state index in [-0.39, 0.29) is 12.1 Å². The Morgan fingerprint density at radius 3 is 2.84 bits per heavy atom. The molecule has 0 aliphatic rings. The lowest BCUT2D eigenvalue weighted by Gasteiger charge is -2.25. The van der Waals surface area contributed by atoms with Gasteiger partial charge in [0, 0.05) is 18.2 Å². The van der Waals surface area contributed by atoms with Crippen molar-refractivity contribution in [3.8, 4) is 0 Å². The summed E-state index contributed by atoms with van der Waals surface area (Å²) >= 11 is 0. The van der Waals surface area contributed by atoms with Gasteiger partial charge in [0.1, 0.15) is 0 Å². The molecule has 0 bridgehead atoms. The third kappa shape index (κ3) is 3.31. The van der Waals surface area contributed by atoms with E-state index >= 15 is 0 Å². The Kier molecular flexibility index (Phi) is 4.88. The summed E-state index contributed by atoms with van der Waals surface area (Å²) in [6.07, 6.45) is 1.98. The average molecular weight is 258 g/mol. The summed E-state index contributed by atoms with van der Waals surface area (Å²) in [5, 5.41) is 4.67. The van der Waals surface area contributed by atoms with Crippen molar-refractivity contribution in [2.24, 2.45) is 0 Å². The number of likely N-dealkylation sites (N-methyl/N-ethyl adjacent to an activating group) is 1. The van der Waals surface area contributed by atoms with Crippen LogP contribution in [0.4, 0.5) is 0 Å². The van der Waals surface area contributed by atoms with E-state index in [2.05, 4.69) is 48.4 Å². The highest BCUT2D eigenvalue weighted by atomic mass is 16.5. The van der Waals surface area contributed by atoms with E-state index in [9.17, 15) is 0 Å². The van der Waals surface area contributed by atoms with Gasteiger partial charge in [0.15, 0.2) is 0 Å². The van der Waals surface area contributed by atoms with E-state index in [1.807, 2.05) is 19.2 Å². The molecule has 102 valence electrons. The first-order chi connectivity index (χ1) is 9.26. The molecule has 1 aromatic heterocycles. The Labute approximate surface area is 115 Å². The number of aromatic nitrogens is 1. The van der Waals surface area contributed by atoms with Crippen LogP contribution >= 0.6 is 0 Å². The van der Waals surface area contributed by atoms with Crippen LogP contribution in [0.15, 0.2) is 36.5 Å². The second kappa shape index (κ2) is 6.64. The van der Waals surface area contributed by atoms with E-state index in [4.69, 9.17) is 4.74 Å². The molecule has 1 heterocycles. The molecular weight excluding hydrogens is 236 g/mol. The largest absolute Gasteiger partial charge is 0.377 e. The Morgan fingerprint density at radius 1 is 1.26 bits per heavy atom. The van der Waals surface area contributed by atoms with Gasteiger partial charge >= 0.3 is 0 Å². The number of nitrogens with zero attached hydrogens (tertiary/aromatic N) is 1. The van der Waals surface area contributed by atoms with Gasteiger partial charge in [-0.2, -0.15) is 0 Å². The van der Waals surface area contributed by atoms with Gasteiger partial charge in [0.2, 0.25) is 0 Å². The highest BCUT2D eigenvalue weighted by Gasteiger charge is 2.18. The molecular formula is C16H22N2O. The standard InChI is InChI=1S/C16H22N2O/c1-4-17-16(12(3)19-5-2)14-9-8-13-7-6-10-18-15(13)11-14/h6-12,16-17H,4-5H2,1-3H3. The first-order valence-electron chi connectivity index (χ1n) is 6.96. The van der Waals surface area contributed by atoms with Crippen LogP contribution in [0.25, 0.3) is 10.9 Å². The SMILES string of the molecule is CCNC(c1ccc2cccnc2c1)C(C)OCC. The van der Waals surface area contributed by atoms with Crippen LogP contribution in [0.5, 0.6) is 0 Å². The molecule has 0 fully saturated rings. The normalized spacial score (nSPS) is 14.5. The second-order valence-corrected chi connectivity index (χ2v) is 4.65. The fourth-order valence-corrected chi connectivity index (χ4v) is 2.41. The Bertz CT molecular complexity index is 527. The van der Waals surface area contributed by atoms with Crippen LogP contribution < -0.4 is 5.32 Å². The number of ether oxygens (including phenoxy) is 1. The van der Waals surface area contributed by atoms with E-state index < -0.39 is 0 Å². The molecule has 3 nitrogen and oxygen atoms in total. The molecule has 0 aliphatic carbocycles. The Balaban J connectivity index is 2.32. The fourth-order valence-electron chi connectivity index (χ4n) is 2.41. The zero-order valence-electron chi connectivity index (χ0n) is 11.9. The molecule has 0 radical (unpaired) electrons. The summed E-state index contributed by atoms with van der Waals surface area (Å²) in [5.74, 6) is 0. The zero-order valence-corrected chi connectivity index (χ0v) is 11.9. The van der Waals surface area contributed by atoms with Crippen molar-refractivity contribution >= 4 is 10.9 Å². The smallest absolute Gasteiger partial charge is 0.0741 e. The van der Waals surface area contributed by atoms with Gasteiger partial charge < -0.3 is 10.1 Å². The average Bonchev–Trinajstić information content (AvgIpc) is 2.44. The molecule has 0 spiro atoms. The molecule has 19 heavy (non-hydrogen) atoms. The first kappa shape index (κ1) is 14.0. The van der Waals surface area contributed by atoms with Crippen molar-refractivity contribution in [2.45, 2.75) is 32.9 Å². The van der Waals surface area contributed by atoms with Crippen molar-refractivity contribution in [3.63, 3.8) is 0 Å². The Hall–Kier alpha value is -1.45. The maximum atomic E-state index is 5.74. The van der Waals surface area contributed by atoms with Gasteiger partial charge in [-0.05, 0) is 38.1 Å². The van der Waals surface area contributed by atoms with Crippen LogP contribution in [-0.2, 0) is 4.74 Å². The van der Waals surface area contributed by atoms with Crippen LogP contribution in [0.2, 0.25) is 0 Å². The second-order valence-electron chi connectivity index (χ2n) is 4.65. The third-order valence-corrected chi connectivity index (χ3v) is 3.31. The van der Waals surface area contributed by atoms with Gasteiger partial charge in [-0.3, -0.25) is 4.98 Å². The van der Waals surface area contributed by atoms with Gasteiger partial charge in [-0.1, -0.05) is 25.1 Å². The predicted molar refractivity (Wildman–Crippen MR) is 79.2 cm³/mol. The van der Waals surface area contributed by atoms with Crippen molar-refractivity contribution in [3.05, 3.63) is 42.1 Å². The number of rotatable bonds is 6. The van der Waals surface area contributed by atoms with Crippen molar-refractivity contribution in [2.75, 3.05) is 13.2 Å². The maximum absolute atomic E-state index is 5.74. The topological polar surface area (TPSA) is 34.2 Å². The molecule has 2 atom stereocenters. The quantitative estimate of drug-likeness (QED) is 0.863. The van der Waals surface area contributed by atoms with Gasteiger partial charge in [-0.15, -0.1) is 0 Å². The van der Waals surface area contributed by atoms with Gasteiger partial charge in [0.25, 0.3) is 0 Å². The number of pyridine rings is 1. The number of hydrogen-bond donors (Lipinski definition) is 1. The monoisotopic (exact) mass is 258 g/mol. The molecule has 2 aromatic rings. The number of hydrogen-bond acceptors (Lipinski definition) is 3. The molecule has 0 saturated heterocycles. The zero-order chi connectivity index (χ0) is 13.7. The van der Waals surface area contributed by atoms with Crippen LogP contribution in [-0.4, -0.2) is 24.2 Å². The first-order valence-corrected chi connectivity index (χ1v) is 6.96. The van der Waals surface area contributed by atoms with Crippen LogP contribution in [0.1, 0.15) is 32.4 Å². The summed E-state index contributed by atoms with van der Waals surface area (Å²) in [6.45, 7) is 7.91. The molecule has 2 rings (SSSR count). The molecule has 3 heteroatoms.